The summed E-state index contributed by atoms with van der Waals surface area (Å²) in [5.41, 5.74) is 8.52. The Balaban J connectivity index is 2.08. The molecule has 0 unspecified atom stereocenters. The van der Waals surface area contributed by atoms with Crippen LogP contribution < -0.4 is 15.9 Å². The van der Waals surface area contributed by atoms with Crippen molar-refractivity contribution in [3.05, 3.63) is 32.7 Å². The molecule has 0 amide bonds. The summed E-state index contributed by atoms with van der Waals surface area (Å²) in [5.74, 6) is 0.0957. The minimum atomic E-state index is -4.73. The lowest BCUT2D eigenvalue weighted by molar-refractivity contribution is -0.274. The van der Waals surface area contributed by atoms with Crippen molar-refractivity contribution in [3.63, 3.8) is 0 Å². The summed E-state index contributed by atoms with van der Waals surface area (Å²) in [7, 11) is 0. The normalized spacial score (nSPS) is 11.8. The quantitative estimate of drug-likeness (QED) is 0.443. The lowest BCUT2D eigenvalue weighted by Crippen LogP contribution is -2.17. The van der Waals surface area contributed by atoms with Gasteiger partial charge in [0.15, 0.2) is 0 Å². The maximum absolute atomic E-state index is 12.2. The molecule has 112 valence electrons. The van der Waals surface area contributed by atoms with Gasteiger partial charge in [0.2, 0.25) is 5.13 Å². The fourth-order valence-electron chi connectivity index (χ4n) is 1.30. The number of benzene rings is 1. The molecule has 2 rings (SSSR count). The third kappa shape index (κ3) is 5.04. The molecule has 0 bridgehead atoms. The Labute approximate surface area is 135 Å². The van der Waals surface area contributed by atoms with Gasteiger partial charge in [0.25, 0.3) is 0 Å². The third-order valence-electron chi connectivity index (χ3n) is 2.08. The van der Waals surface area contributed by atoms with Gasteiger partial charge < -0.3 is 10.5 Å². The van der Waals surface area contributed by atoms with Crippen LogP contribution in [0.4, 0.5) is 24.1 Å². The number of thiazole rings is 1. The first-order chi connectivity index (χ1) is 9.83. The van der Waals surface area contributed by atoms with Crippen molar-refractivity contribution in [2.24, 2.45) is 5.10 Å². The van der Waals surface area contributed by atoms with E-state index >= 15 is 0 Å². The molecule has 0 aliphatic rings. The van der Waals surface area contributed by atoms with Gasteiger partial charge in [0, 0.05) is 5.38 Å². The van der Waals surface area contributed by atoms with Crippen molar-refractivity contribution >= 4 is 51.1 Å². The highest BCUT2D eigenvalue weighted by Gasteiger charge is 2.31. The summed E-state index contributed by atoms with van der Waals surface area (Å²) >= 11 is 3.02. The molecule has 10 heteroatoms. The maximum Gasteiger partial charge on any atom is 0.573 e. The van der Waals surface area contributed by atoms with Gasteiger partial charge in [0.1, 0.15) is 11.6 Å². The number of nitrogens with two attached hydrogens (primary N) is 1. The van der Waals surface area contributed by atoms with E-state index in [1.54, 1.807) is 34.0 Å². The number of hydrogen-bond donors (Lipinski definition) is 2. The standard InChI is InChI=1S/C11H8F3IN4OS/c12-11(13,14)20-8-3-6(1-2-7(8)15)4-17-19-10-18-9(16)5-21-10/h1-5H,16H2,(H,18,19). The van der Waals surface area contributed by atoms with Crippen LogP contribution in [-0.4, -0.2) is 17.6 Å². The minimum Gasteiger partial charge on any atom is -0.405 e. The number of aromatic nitrogens is 1. The van der Waals surface area contributed by atoms with E-state index in [2.05, 4.69) is 20.2 Å². The van der Waals surface area contributed by atoms with Crippen LogP contribution in [-0.2, 0) is 0 Å². The Hall–Kier alpha value is -1.56. The summed E-state index contributed by atoms with van der Waals surface area (Å²) < 4.78 is 41.0. The molecule has 0 saturated carbocycles. The number of nitrogen functional groups attached to an aromatic ring is 1. The highest BCUT2D eigenvalue weighted by atomic mass is 127. The number of rotatable bonds is 4. The first kappa shape index (κ1) is 15.8. The Morgan fingerprint density at radius 1 is 1.43 bits per heavy atom. The summed E-state index contributed by atoms with van der Waals surface area (Å²) in [6.07, 6.45) is -3.37. The van der Waals surface area contributed by atoms with E-state index in [0.717, 1.165) is 0 Å². The van der Waals surface area contributed by atoms with Crippen LogP contribution in [0.5, 0.6) is 5.75 Å². The second kappa shape index (κ2) is 6.47. The zero-order valence-electron chi connectivity index (χ0n) is 10.2. The van der Waals surface area contributed by atoms with Gasteiger partial charge in [0.05, 0.1) is 9.78 Å². The number of nitrogens with one attached hydrogen (secondary N) is 1. The van der Waals surface area contributed by atoms with Gasteiger partial charge in [-0.2, -0.15) is 5.10 Å². The summed E-state index contributed by atoms with van der Waals surface area (Å²) in [6.45, 7) is 0. The Kier molecular flexibility index (Phi) is 4.88. The van der Waals surface area contributed by atoms with E-state index in [1.807, 2.05) is 0 Å². The first-order valence-electron chi connectivity index (χ1n) is 5.39. The van der Waals surface area contributed by atoms with Crippen molar-refractivity contribution < 1.29 is 17.9 Å². The predicted octanol–water partition coefficient (Wildman–Crippen LogP) is 3.67. The monoisotopic (exact) mass is 428 g/mol. The molecule has 21 heavy (non-hydrogen) atoms. The van der Waals surface area contributed by atoms with Crippen LogP contribution in [0, 0.1) is 3.57 Å². The highest BCUT2D eigenvalue weighted by Crippen LogP contribution is 2.28. The molecule has 0 fully saturated rings. The fourth-order valence-corrected chi connectivity index (χ4v) is 2.30. The van der Waals surface area contributed by atoms with E-state index in [4.69, 9.17) is 5.73 Å². The van der Waals surface area contributed by atoms with E-state index in [-0.39, 0.29) is 5.75 Å². The first-order valence-corrected chi connectivity index (χ1v) is 7.35. The molecule has 1 heterocycles. The van der Waals surface area contributed by atoms with Gasteiger partial charge in [-0.05, 0) is 40.3 Å². The van der Waals surface area contributed by atoms with Crippen LogP contribution in [0.15, 0.2) is 28.7 Å². The number of alkyl halides is 3. The number of hydrazone groups is 1. The molecule has 0 saturated heterocycles. The van der Waals surface area contributed by atoms with Gasteiger partial charge in [-0.3, -0.25) is 5.43 Å². The predicted molar refractivity (Wildman–Crippen MR) is 83.6 cm³/mol. The largest absolute Gasteiger partial charge is 0.573 e. The van der Waals surface area contributed by atoms with Crippen LogP contribution in [0.2, 0.25) is 0 Å². The number of nitrogens with zero attached hydrogens (tertiary/aromatic N) is 2. The molecule has 0 aliphatic carbocycles. The Morgan fingerprint density at radius 2 is 2.19 bits per heavy atom. The molecule has 0 aliphatic heterocycles. The topological polar surface area (TPSA) is 72.5 Å². The number of anilines is 2. The number of hydrogen-bond acceptors (Lipinski definition) is 6. The summed E-state index contributed by atoms with van der Waals surface area (Å²) in [6, 6.07) is 4.37. The minimum absolute atomic E-state index is 0.273. The molecule has 0 atom stereocenters. The van der Waals surface area contributed by atoms with E-state index < -0.39 is 6.36 Å². The van der Waals surface area contributed by atoms with Crippen LogP contribution >= 0.6 is 33.9 Å². The maximum atomic E-state index is 12.2. The lowest BCUT2D eigenvalue weighted by Gasteiger charge is -2.10. The fraction of sp³-hybridized carbons (Fsp3) is 0.0909. The van der Waals surface area contributed by atoms with Gasteiger partial charge in [-0.15, -0.1) is 24.5 Å². The summed E-state index contributed by atoms with van der Waals surface area (Å²) in [4.78, 5) is 3.92. The second-order valence-corrected chi connectivity index (χ2v) is 5.71. The van der Waals surface area contributed by atoms with Crippen molar-refractivity contribution in [3.8, 4) is 5.75 Å². The molecule has 5 nitrogen and oxygen atoms in total. The third-order valence-corrected chi connectivity index (χ3v) is 3.73. The molecule has 2 aromatic rings. The van der Waals surface area contributed by atoms with Crippen LogP contribution in [0.3, 0.4) is 0 Å². The summed E-state index contributed by atoms with van der Waals surface area (Å²) in [5, 5.41) is 5.99. The SMILES string of the molecule is Nc1csc(NN=Cc2ccc(I)c(OC(F)(F)F)c2)n1. The van der Waals surface area contributed by atoms with E-state index in [0.29, 0.717) is 20.1 Å². The van der Waals surface area contributed by atoms with Crippen LogP contribution in [0.25, 0.3) is 0 Å². The average Bonchev–Trinajstić information content (AvgIpc) is 2.77. The molecule has 3 N–H and O–H groups in total. The molecule has 0 radical (unpaired) electrons. The van der Waals surface area contributed by atoms with Crippen molar-refractivity contribution in [1.29, 1.82) is 0 Å². The molecule has 1 aromatic carbocycles. The average molecular weight is 428 g/mol. The van der Waals surface area contributed by atoms with E-state index in [1.165, 1.54) is 29.7 Å². The van der Waals surface area contributed by atoms with E-state index in [9.17, 15) is 13.2 Å². The molecular weight excluding hydrogens is 420 g/mol. The van der Waals surface area contributed by atoms with Gasteiger partial charge >= 0.3 is 6.36 Å². The second-order valence-electron chi connectivity index (χ2n) is 3.69. The van der Waals surface area contributed by atoms with Gasteiger partial charge in [-0.25, -0.2) is 4.98 Å². The zero-order chi connectivity index (χ0) is 15.5. The zero-order valence-corrected chi connectivity index (χ0v) is 13.2. The Bertz CT molecular complexity index is 659. The highest BCUT2D eigenvalue weighted by molar-refractivity contribution is 14.1. The lowest BCUT2D eigenvalue weighted by atomic mass is 10.2. The van der Waals surface area contributed by atoms with Crippen molar-refractivity contribution in [2.45, 2.75) is 6.36 Å². The van der Waals surface area contributed by atoms with Gasteiger partial charge in [-0.1, -0.05) is 6.07 Å². The van der Waals surface area contributed by atoms with Crippen molar-refractivity contribution in [1.82, 2.24) is 4.98 Å². The molecule has 1 aromatic heterocycles. The molecule has 0 spiro atoms. The Morgan fingerprint density at radius 3 is 2.81 bits per heavy atom. The van der Waals surface area contributed by atoms with Crippen LogP contribution in [0.1, 0.15) is 5.56 Å². The number of halogens is 4. The smallest absolute Gasteiger partial charge is 0.405 e. The number of ether oxygens (including phenoxy) is 1. The molecular formula is C11H8F3IN4OS. The van der Waals surface area contributed by atoms with Crippen molar-refractivity contribution in [2.75, 3.05) is 11.2 Å².